The standard InChI is InChI=1S/C21H32O5/c1-20-10-9-16-14(15(20)7-8-17(20)22)6-5-13(11-18(23)25-3)21(16,2)12-19(24)26-4/h13-16H,5-12H2,1-4H3/t13-,14?,15-,16-,20-,21-/m0/s1. The van der Waals surface area contributed by atoms with Crippen LogP contribution in [0.1, 0.15) is 65.2 Å². The van der Waals surface area contributed by atoms with E-state index in [1.807, 2.05) is 0 Å². The molecule has 5 nitrogen and oxygen atoms in total. The van der Waals surface area contributed by atoms with Crippen LogP contribution in [0.4, 0.5) is 0 Å². The van der Waals surface area contributed by atoms with E-state index in [2.05, 4.69) is 13.8 Å². The highest BCUT2D eigenvalue weighted by molar-refractivity contribution is 5.87. The van der Waals surface area contributed by atoms with Crippen molar-refractivity contribution in [3.05, 3.63) is 0 Å². The summed E-state index contributed by atoms with van der Waals surface area (Å²) in [5.41, 5.74) is -0.459. The number of ketones is 1. The maximum Gasteiger partial charge on any atom is 0.306 e. The molecule has 0 bridgehead atoms. The first-order chi connectivity index (χ1) is 12.3. The molecule has 146 valence electrons. The lowest BCUT2D eigenvalue weighted by Crippen LogP contribution is -2.53. The van der Waals surface area contributed by atoms with E-state index in [-0.39, 0.29) is 28.7 Å². The number of hydrogen-bond donors (Lipinski definition) is 0. The zero-order valence-corrected chi connectivity index (χ0v) is 16.5. The third-order valence-corrected chi connectivity index (χ3v) is 8.17. The summed E-state index contributed by atoms with van der Waals surface area (Å²) < 4.78 is 9.91. The number of hydrogen-bond acceptors (Lipinski definition) is 5. The third kappa shape index (κ3) is 2.97. The second kappa shape index (κ2) is 6.97. The van der Waals surface area contributed by atoms with Crippen molar-refractivity contribution in [2.24, 2.45) is 34.5 Å². The van der Waals surface area contributed by atoms with Gasteiger partial charge < -0.3 is 9.47 Å². The molecule has 0 amide bonds. The Labute approximate surface area is 156 Å². The number of rotatable bonds is 4. The van der Waals surface area contributed by atoms with E-state index in [4.69, 9.17) is 9.47 Å². The van der Waals surface area contributed by atoms with Crippen LogP contribution in [0, 0.1) is 34.5 Å². The van der Waals surface area contributed by atoms with Crippen molar-refractivity contribution in [1.29, 1.82) is 0 Å². The van der Waals surface area contributed by atoms with Crippen molar-refractivity contribution < 1.29 is 23.9 Å². The lowest BCUT2D eigenvalue weighted by Gasteiger charge is -2.57. The van der Waals surface area contributed by atoms with Gasteiger partial charge in [-0.15, -0.1) is 0 Å². The second-order valence-corrected chi connectivity index (χ2v) is 9.11. The highest BCUT2D eigenvalue weighted by Gasteiger charge is 2.60. The summed E-state index contributed by atoms with van der Waals surface area (Å²) in [7, 11) is 2.84. The molecule has 26 heavy (non-hydrogen) atoms. The number of carbonyl (C=O) groups excluding carboxylic acids is 3. The van der Waals surface area contributed by atoms with Crippen LogP contribution in [0.15, 0.2) is 0 Å². The maximum absolute atomic E-state index is 12.5. The first-order valence-electron chi connectivity index (χ1n) is 9.93. The topological polar surface area (TPSA) is 69.7 Å². The average Bonchev–Trinajstić information content (AvgIpc) is 2.92. The van der Waals surface area contributed by atoms with Crippen LogP contribution < -0.4 is 0 Å². The highest BCUT2D eigenvalue weighted by atomic mass is 16.5. The molecule has 3 aliphatic rings. The molecular weight excluding hydrogens is 332 g/mol. The number of Topliss-reactive ketones (excluding diaryl/α,β-unsaturated/α-hetero) is 1. The number of carbonyl (C=O) groups is 3. The monoisotopic (exact) mass is 364 g/mol. The van der Waals surface area contributed by atoms with E-state index >= 15 is 0 Å². The Balaban J connectivity index is 1.91. The molecule has 0 N–H and O–H groups in total. The minimum Gasteiger partial charge on any atom is -0.469 e. The van der Waals surface area contributed by atoms with Crippen LogP contribution in [0.5, 0.6) is 0 Å². The molecule has 6 atom stereocenters. The molecule has 0 aromatic heterocycles. The molecule has 0 radical (unpaired) electrons. The molecular formula is C21H32O5. The van der Waals surface area contributed by atoms with Crippen LogP contribution in [-0.2, 0) is 23.9 Å². The van der Waals surface area contributed by atoms with Gasteiger partial charge in [-0.1, -0.05) is 13.8 Å². The zero-order chi connectivity index (χ0) is 19.1. The van der Waals surface area contributed by atoms with Gasteiger partial charge in [-0.2, -0.15) is 0 Å². The van der Waals surface area contributed by atoms with Crippen LogP contribution in [0.25, 0.3) is 0 Å². The fourth-order valence-electron chi connectivity index (χ4n) is 6.58. The molecule has 0 saturated heterocycles. The largest absolute Gasteiger partial charge is 0.469 e. The van der Waals surface area contributed by atoms with Gasteiger partial charge >= 0.3 is 11.9 Å². The van der Waals surface area contributed by atoms with E-state index in [0.29, 0.717) is 42.8 Å². The zero-order valence-electron chi connectivity index (χ0n) is 16.5. The van der Waals surface area contributed by atoms with Crippen molar-refractivity contribution >= 4 is 17.7 Å². The van der Waals surface area contributed by atoms with E-state index in [9.17, 15) is 14.4 Å². The van der Waals surface area contributed by atoms with E-state index in [1.165, 1.54) is 14.2 Å². The summed E-state index contributed by atoms with van der Waals surface area (Å²) in [5.74, 6) is 1.37. The minimum absolute atomic E-state index is 0.122. The summed E-state index contributed by atoms with van der Waals surface area (Å²) in [6.07, 6.45) is 6.17. The van der Waals surface area contributed by atoms with E-state index in [0.717, 1.165) is 32.1 Å². The average molecular weight is 364 g/mol. The molecule has 0 aliphatic heterocycles. The summed E-state index contributed by atoms with van der Waals surface area (Å²) in [6.45, 7) is 4.31. The van der Waals surface area contributed by atoms with Gasteiger partial charge in [0.1, 0.15) is 5.78 Å². The Morgan fingerprint density at radius 2 is 1.69 bits per heavy atom. The van der Waals surface area contributed by atoms with Crippen molar-refractivity contribution in [2.75, 3.05) is 14.2 Å². The van der Waals surface area contributed by atoms with Crippen LogP contribution in [0.2, 0.25) is 0 Å². The smallest absolute Gasteiger partial charge is 0.306 e. The van der Waals surface area contributed by atoms with Gasteiger partial charge in [-0.3, -0.25) is 14.4 Å². The number of ether oxygens (including phenoxy) is 2. The molecule has 0 spiro atoms. The predicted molar refractivity (Wildman–Crippen MR) is 96.1 cm³/mol. The second-order valence-electron chi connectivity index (χ2n) is 9.11. The highest BCUT2D eigenvalue weighted by Crippen LogP contribution is 2.64. The van der Waals surface area contributed by atoms with E-state index in [1.54, 1.807) is 0 Å². The van der Waals surface area contributed by atoms with Gasteiger partial charge in [0.15, 0.2) is 0 Å². The molecule has 1 unspecified atom stereocenters. The fraction of sp³-hybridized carbons (Fsp3) is 0.857. The summed E-state index contributed by atoms with van der Waals surface area (Å²) in [4.78, 5) is 36.7. The fourth-order valence-corrected chi connectivity index (χ4v) is 6.58. The van der Waals surface area contributed by atoms with Gasteiger partial charge in [0.2, 0.25) is 0 Å². The first kappa shape index (κ1) is 19.4. The lowest BCUT2D eigenvalue weighted by molar-refractivity contribution is -0.159. The molecule has 0 aromatic rings. The number of fused-ring (bicyclic) bond motifs is 3. The molecule has 3 saturated carbocycles. The Hall–Kier alpha value is -1.39. The van der Waals surface area contributed by atoms with Crippen molar-refractivity contribution in [2.45, 2.75) is 65.2 Å². The molecule has 5 heteroatoms. The van der Waals surface area contributed by atoms with Crippen molar-refractivity contribution in [3.8, 4) is 0 Å². The molecule has 0 aromatic carbocycles. The third-order valence-electron chi connectivity index (χ3n) is 8.17. The Bertz CT molecular complexity index is 599. The summed E-state index contributed by atoms with van der Waals surface area (Å²) in [5, 5.41) is 0. The lowest BCUT2D eigenvalue weighted by atomic mass is 9.46. The molecule has 0 heterocycles. The normalized spacial score (nSPS) is 41.9. The Kier molecular flexibility index (Phi) is 5.19. The van der Waals surface area contributed by atoms with Gasteiger partial charge in [0.05, 0.1) is 20.6 Å². The van der Waals surface area contributed by atoms with Gasteiger partial charge in [0, 0.05) is 18.3 Å². The number of methoxy groups -OCH3 is 2. The number of esters is 2. The van der Waals surface area contributed by atoms with Crippen molar-refractivity contribution in [3.63, 3.8) is 0 Å². The molecule has 3 aliphatic carbocycles. The first-order valence-corrected chi connectivity index (χ1v) is 9.93. The Morgan fingerprint density at radius 1 is 1.00 bits per heavy atom. The van der Waals surface area contributed by atoms with Gasteiger partial charge in [-0.05, 0) is 61.2 Å². The van der Waals surface area contributed by atoms with E-state index < -0.39 is 0 Å². The minimum atomic E-state index is -0.281. The van der Waals surface area contributed by atoms with Crippen LogP contribution >= 0.6 is 0 Å². The summed E-state index contributed by atoms with van der Waals surface area (Å²) >= 11 is 0. The van der Waals surface area contributed by atoms with Crippen LogP contribution in [0.3, 0.4) is 0 Å². The van der Waals surface area contributed by atoms with Gasteiger partial charge in [0.25, 0.3) is 0 Å². The quantitative estimate of drug-likeness (QED) is 0.714. The maximum atomic E-state index is 12.5. The van der Waals surface area contributed by atoms with Crippen LogP contribution in [-0.4, -0.2) is 31.9 Å². The van der Waals surface area contributed by atoms with Crippen molar-refractivity contribution in [1.82, 2.24) is 0 Å². The van der Waals surface area contributed by atoms with Gasteiger partial charge in [-0.25, -0.2) is 0 Å². The molecule has 3 rings (SSSR count). The summed E-state index contributed by atoms with van der Waals surface area (Å²) in [6, 6.07) is 0. The SMILES string of the molecule is COC(=O)C[C@@H]1CCC2[C@H](CC[C@]3(C)C(=O)CC[C@@H]23)[C@@]1(C)CC(=O)OC. The predicted octanol–water partition coefficient (Wildman–Crippen LogP) is 3.54. The Morgan fingerprint density at radius 3 is 2.35 bits per heavy atom. The molecule has 3 fully saturated rings.